The summed E-state index contributed by atoms with van der Waals surface area (Å²) in [6.07, 6.45) is 0. The van der Waals surface area contributed by atoms with E-state index in [1.807, 2.05) is 12.1 Å². The molecule has 4 heteroatoms. The van der Waals surface area contributed by atoms with Crippen LogP contribution in [0.2, 0.25) is 0 Å². The molecule has 0 atom stereocenters. The van der Waals surface area contributed by atoms with E-state index in [0.29, 0.717) is 0 Å². The Balaban J connectivity index is 0.943. The first-order valence-electron chi connectivity index (χ1n) is 26.6. The maximum Gasteiger partial charge on any atom is 0.159 e. The fraction of sp³-hybridized carbons (Fsp3) is 0. The zero-order chi connectivity index (χ0) is 51.3. The average Bonchev–Trinajstić information content (AvgIpc) is 4.15. The first kappa shape index (κ1) is 43.9. The standard InChI is InChI=1S/C74H46N2O2/c1-3-21-53-47(17-1)19-13-29-55(53)49-37-41-51(42-38-49)75(67-33-15-31-63-61-27-9-11-35-71(61)77-73(63)67)69-45-65-58-24-6-8-26-60(58)70(46-66(65)57-23-5-7-25-59(57)69)76(68-34-16-32-64-62-28-10-12-36-72(62)78-74(64)68)52-43-39-50(40-44-52)56-30-14-20-48-18-2-4-22-54(48)56/h1-46H. The van der Waals surface area contributed by atoms with Crippen molar-refractivity contribution < 1.29 is 8.83 Å². The predicted octanol–water partition coefficient (Wildman–Crippen LogP) is 21.5. The minimum atomic E-state index is 0.836. The molecule has 14 aromatic carbocycles. The summed E-state index contributed by atoms with van der Waals surface area (Å²) < 4.78 is 13.8. The Labute approximate surface area is 449 Å². The quantitative estimate of drug-likeness (QED) is 0.142. The third-order valence-electron chi connectivity index (χ3n) is 16.0. The second-order valence-corrected chi connectivity index (χ2v) is 20.3. The zero-order valence-corrected chi connectivity index (χ0v) is 42.3. The molecular formula is C74H46N2O2. The van der Waals surface area contributed by atoms with E-state index in [4.69, 9.17) is 8.83 Å². The highest BCUT2D eigenvalue weighted by molar-refractivity contribution is 6.26. The van der Waals surface area contributed by atoms with Gasteiger partial charge in [0, 0.05) is 43.7 Å². The average molecular weight is 995 g/mol. The lowest BCUT2D eigenvalue weighted by Gasteiger charge is -2.30. The van der Waals surface area contributed by atoms with Gasteiger partial charge in [-0.15, -0.1) is 0 Å². The van der Waals surface area contributed by atoms with Crippen LogP contribution in [0.1, 0.15) is 0 Å². The molecule has 0 N–H and O–H groups in total. The highest BCUT2D eigenvalue weighted by Gasteiger charge is 2.26. The summed E-state index contributed by atoms with van der Waals surface area (Å²) >= 11 is 0. The van der Waals surface area contributed by atoms with Gasteiger partial charge in [-0.2, -0.15) is 0 Å². The fourth-order valence-electron chi connectivity index (χ4n) is 12.4. The fourth-order valence-corrected chi connectivity index (χ4v) is 12.4. The summed E-state index contributed by atoms with van der Waals surface area (Å²) in [5.41, 5.74) is 14.2. The first-order chi connectivity index (χ1) is 38.7. The Morgan fingerprint density at radius 2 is 0.551 bits per heavy atom. The van der Waals surface area contributed by atoms with Crippen LogP contribution in [0, 0.1) is 0 Å². The summed E-state index contributed by atoms with van der Waals surface area (Å²) in [5, 5.41) is 16.0. The van der Waals surface area contributed by atoms with E-state index in [1.165, 1.54) is 32.7 Å². The van der Waals surface area contributed by atoms with Crippen LogP contribution < -0.4 is 9.80 Å². The lowest BCUT2D eigenvalue weighted by atomic mass is 9.93. The molecule has 0 saturated heterocycles. The molecule has 0 spiro atoms. The van der Waals surface area contributed by atoms with Crippen LogP contribution in [0.4, 0.5) is 34.1 Å². The molecule has 78 heavy (non-hydrogen) atoms. The lowest BCUT2D eigenvalue weighted by molar-refractivity contribution is 0.669. The van der Waals surface area contributed by atoms with Crippen molar-refractivity contribution in [3.63, 3.8) is 0 Å². The highest BCUT2D eigenvalue weighted by Crippen LogP contribution is 2.51. The summed E-state index contributed by atoms with van der Waals surface area (Å²) in [6.45, 7) is 0. The molecule has 2 aromatic heterocycles. The van der Waals surface area contributed by atoms with Gasteiger partial charge in [-0.25, -0.2) is 0 Å². The summed E-state index contributed by atoms with van der Waals surface area (Å²) in [6, 6.07) is 101. The minimum Gasteiger partial charge on any atom is -0.454 e. The number of para-hydroxylation sites is 4. The number of hydrogen-bond donors (Lipinski definition) is 0. The van der Waals surface area contributed by atoms with Crippen molar-refractivity contribution >= 4 is 132 Å². The molecule has 0 radical (unpaired) electrons. The van der Waals surface area contributed by atoms with Gasteiger partial charge in [-0.3, -0.25) is 0 Å². The van der Waals surface area contributed by atoms with Crippen molar-refractivity contribution in [2.24, 2.45) is 0 Å². The molecule has 0 aliphatic rings. The topological polar surface area (TPSA) is 32.8 Å². The molecule has 16 aromatic rings. The number of fused-ring (bicyclic) bond motifs is 13. The van der Waals surface area contributed by atoms with Crippen LogP contribution in [-0.4, -0.2) is 0 Å². The van der Waals surface area contributed by atoms with E-state index < -0.39 is 0 Å². The van der Waals surface area contributed by atoms with Gasteiger partial charge in [0.2, 0.25) is 0 Å². The van der Waals surface area contributed by atoms with Gasteiger partial charge in [0.15, 0.2) is 11.2 Å². The van der Waals surface area contributed by atoms with Gasteiger partial charge in [-0.05, 0) is 126 Å². The molecule has 0 aliphatic carbocycles. The molecular weight excluding hydrogens is 949 g/mol. The van der Waals surface area contributed by atoms with E-state index >= 15 is 0 Å². The van der Waals surface area contributed by atoms with Crippen molar-refractivity contribution in [3.8, 4) is 22.3 Å². The molecule has 0 fully saturated rings. The van der Waals surface area contributed by atoms with E-state index in [1.54, 1.807) is 0 Å². The number of anilines is 6. The molecule has 364 valence electrons. The third kappa shape index (κ3) is 6.87. The lowest BCUT2D eigenvalue weighted by Crippen LogP contribution is -2.12. The number of benzene rings is 14. The van der Waals surface area contributed by atoms with Gasteiger partial charge in [-0.1, -0.05) is 218 Å². The number of nitrogens with zero attached hydrogens (tertiary/aromatic N) is 2. The Bertz CT molecular complexity index is 4720. The summed E-state index contributed by atoms with van der Waals surface area (Å²) in [5.74, 6) is 0. The molecule has 0 unspecified atom stereocenters. The van der Waals surface area contributed by atoms with Crippen molar-refractivity contribution in [2.45, 2.75) is 0 Å². The second-order valence-electron chi connectivity index (χ2n) is 20.3. The monoisotopic (exact) mass is 994 g/mol. The van der Waals surface area contributed by atoms with Crippen LogP contribution in [0.5, 0.6) is 0 Å². The minimum absolute atomic E-state index is 0.836. The maximum atomic E-state index is 6.89. The molecule has 0 saturated carbocycles. The van der Waals surface area contributed by atoms with Gasteiger partial charge >= 0.3 is 0 Å². The molecule has 16 rings (SSSR count). The Hall–Kier alpha value is -10.4. The molecule has 2 heterocycles. The molecule has 4 nitrogen and oxygen atoms in total. The summed E-state index contributed by atoms with van der Waals surface area (Å²) in [7, 11) is 0. The van der Waals surface area contributed by atoms with Gasteiger partial charge < -0.3 is 18.6 Å². The van der Waals surface area contributed by atoms with E-state index in [-0.39, 0.29) is 0 Å². The van der Waals surface area contributed by atoms with Crippen molar-refractivity contribution in [1.29, 1.82) is 0 Å². The van der Waals surface area contributed by atoms with Gasteiger partial charge in [0.25, 0.3) is 0 Å². The van der Waals surface area contributed by atoms with E-state index in [2.05, 4.69) is 277 Å². The van der Waals surface area contributed by atoms with Crippen LogP contribution in [0.15, 0.2) is 288 Å². The number of hydrogen-bond acceptors (Lipinski definition) is 4. The number of furan rings is 2. The van der Waals surface area contributed by atoms with Gasteiger partial charge in [0.1, 0.15) is 11.2 Å². The second kappa shape index (κ2) is 17.6. The van der Waals surface area contributed by atoms with Crippen LogP contribution in [0.3, 0.4) is 0 Å². The van der Waals surface area contributed by atoms with E-state index in [9.17, 15) is 0 Å². The largest absolute Gasteiger partial charge is 0.454 e. The van der Waals surface area contributed by atoms with Crippen molar-refractivity contribution in [2.75, 3.05) is 9.80 Å². The molecule has 0 bridgehead atoms. The van der Waals surface area contributed by atoms with E-state index in [0.717, 1.165) is 121 Å². The van der Waals surface area contributed by atoms with Crippen molar-refractivity contribution in [3.05, 3.63) is 279 Å². The number of rotatable bonds is 8. The normalized spacial score (nSPS) is 11.8. The van der Waals surface area contributed by atoms with Crippen LogP contribution in [0.25, 0.3) is 120 Å². The third-order valence-corrected chi connectivity index (χ3v) is 16.0. The van der Waals surface area contributed by atoms with Crippen molar-refractivity contribution in [1.82, 2.24) is 0 Å². The first-order valence-corrected chi connectivity index (χ1v) is 26.6. The predicted molar refractivity (Wildman–Crippen MR) is 329 cm³/mol. The zero-order valence-electron chi connectivity index (χ0n) is 42.3. The SMILES string of the molecule is c1ccc2c(-c3ccc(N(c4cc5c6ccccc6c(N(c6ccc(-c7cccc8ccccc78)cc6)c6cccc7c6oc6ccccc67)cc5c5ccccc45)c4cccc5c4oc4ccccc45)cc3)cccc2c1. The molecule has 0 aliphatic heterocycles. The Morgan fingerprint density at radius 3 is 0.987 bits per heavy atom. The van der Waals surface area contributed by atoms with Crippen LogP contribution >= 0.6 is 0 Å². The smallest absolute Gasteiger partial charge is 0.159 e. The highest BCUT2D eigenvalue weighted by atomic mass is 16.3. The maximum absolute atomic E-state index is 6.89. The Morgan fingerprint density at radius 1 is 0.218 bits per heavy atom. The van der Waals surface area contributed by atoms with Gasteiger partial charge in [0.05, 0.1) is 22.7 Å². The molecule has 0 amide bonds. The Kier molecular flexibility index (Phi) is 9.91. The van der Waals surface area contributed by atoms with Crippen LogP contribution in [-0.2, 0) is 0 Å². The summed E-state index contributed by atoms with van der Waals surface area (Å²) in [4.78, 5) is 4.82.